The van der Waals surface area contributed by atoms with Crippen molar-refractivity contribution in [2.24, 2.45) is 0 Å². The van der Waals surface area contributed by atoms with E-state index in [1.807, 2.05) is 0 Å². The SMILES string of the molecule is Cc1cc(C(=O)N2CCCC(Oc3ncc(Br)cn3)C2)no1. The minimum absolute atomic E-state index is 0.119. The molecule has 1 aliphatic heterocycles. The second-order valence-electron chi connectivity index (χ2n) is 5.14. The first-order chi connectivity index (χ1) is 10.6. The van der Waals surface area contributed by atoms with Crippen LogP contribution in [0.4, 0.5) is 0 Å². The number of halogens is 1. The van der Waals surface area contributed by atoms with Gasteiger partial charge in [0.05, 0.1) is 11.0 Å². The molecule has 1 atom stereocenters. The van der Waals surface area contributed by atoms with E-state index in [-0.39, 0.29) is 12.0 Å². The lowest BCUT2D eigenvalue weighted by atomic mass is 10.1. The molecule has 0 N–H and O–H groups in total. The first-order valence-corrected chi connectivity index (χ1v) is 7.78. The molecule has 1 unspecified atom stereocenters. The zero-order chi connectivity index (χ0) is 15.5. The Labute approximate surface area is 135 Å². The van der Waals surface area contributed by atoms with E-state index in [1.54, 1.807) is 30.3 Å². The van der Waals surface area contributed by atoms with Gasteiger partial charge in [0.2, 0.25) is 0 Å². The third kappa shape index (κ3) is 3.44. The average molecular weight is 367 g/mol. The van der Waals surface area contributed by atoms with Crippen molar-refractivity contribution in [3.8, 4) is 6.01 Å². The number of likely N-dealkylation sites (tertiary alicyclic amines) is 1. The molecular weight excluding hydrogens is 352 g/mol. The molecule has 116 valence electrons. The normalized spacial score (nSPS) is 18.3. The van der Waals surface area contributed by atoms with Crippen LogP contribution in [0.2, 0.25) is 0 Å². The maximum atomic E-state index is 12.4. The van der Waals surface area contributed by atoms with Gasteiger partial charge in [0.15, 0.2) is 5.69 Å². The molecule has 1 fully saturated rings. The first kappa shape index (κ1) is 15.0. The molecule has 2 aromatic heterocycles. The first-order valence-electron chi connectivity index (χ1n) is 6.98. The predicted octanol–water partition coefficient (Wildman–Crippen LogP) is 2.22. The number of aryl methyl sites for hydroxylation is 1. The number of aromatic nitrogens is 3. The van der Waals surface area contributed by atoms with Gasteiger partial charge in [0.25, 0.3) is 5.91 Å². The minimum Gasteiger partial charge on any atom is -0.458 e. The molecule has 8 heteroatoms. The van der Waals surface area contributed by atoms with E-state index in [1.165, 1.54) is 0 Å². The molecular formula is C14H15BrN4O3. The molecule has 0 aliphatic carbocycles. The lowest BCUT2D eigenvalue weighted by molar-refractivity contribution is 0.0507. The molecule has 0 aromatic carbocycles. The standard InChI is InChI=1S/C14H15BrN4O3/c1-9-5-12(18-22-9)13(20)19-4-2-3-11(8-19)21-14-16-6-10(15)7-17-14/h5-7,11H,2-4,8H2,1H3. The summed E-state index contributed by atoms with van der Waals surface area (Å²) in [5.41, 5.74) is 0.332. The molecule has 0 bridgehead atoms. The molecule has 1 aliphatic rings. The minimum atomic E-state index is -0.137. The van der Waals surface area contributed by atoms with Gasteiger partial charge in [-0.05, 0) is 35.7 Å². The van der Waals surface area contributed by atoms with Gasteiger partial charge in [0.1, 0.15) is 11.9 Å². The summed E-state index contributed by atoms with van der Waals surface area (Å²) in [5.74, 6) is 0.485. The van der Waals surface area contributed by atoms with E-state index >= 15 is 0 Å². The van der Waals surface area contributed by atoms with E-state index in [0.29, 0.717) is 30.6 Å². The second-order valence-corrected chi connectivity index (χ2v) is 6.06. The molecule has 3 heterocycles. The molecule has 1 amide bonds. The van der Waals surface area contributed by atoms with Crippen LogP contribution in [0.25, 0.3) is 0 Å². The van der Waals surface area contributed by atoms with Gasteiger partial charge in [-0.3, -0.25) is 4.79 Å². The molecule has 22 heavy (non-hydrogen) atoms. The predicted molar refractivity (Wildman–Crippen MR) is 80.5 cm³/mol. The van der Waals surface area contributed by atoms with Crippen molar-refractivity contribution in [3.05, 3.63) is 34.4 Å². The third-order valence-electron chi connectivity index (χ3n) is 3.38. The number of ether oxygens (including phenoxy) is 1. The van der Waals surface area contributed by atoms with Crippen molar-refractivity contribution in [1.82, 2.24) is 20.0 Å². The quantitative estimate of drug-likeness (QED) is 0.828. The number of piperidine rings is 1. The van der Waals surface area contributed by atoms with Crippen LogP contribution in [0.5, 0.6) is 6.01 Å². The fourth-order valence-electron chi connectivity index (χ4n) is 2.36. The molecule has 2 aromatic rings. The average Bonchev–Trinajstić information content (AvgIpc) is 2.96. The van der Waals surface area contributed by atoms with Gasteiger partial charge in [-0.15, -0.1) is 0 Å². The van der Waals surface area contributed by atoms with Crippen molar-refractivity contribution in [2.75, 3.05) is 13.1 Å². The van der Waals surface area contributed by atoms with Gasteiger partial charge < -0.3 is 14.2 Å². The Bertz CT molecular complexity index is 658. The van der Waals surface area contributed by atoms with Crippen LogP contribution in [0, 0.1) is 6.92 Å². The summed E-state index contributed by atoms with van der Waals surface area (Å²) in [6.07, 6.45) is 4.87. The van der Waals surface area contributed by atoms with Crippen LogP contribution >= 0.6 is 15.9 Å². The fraction of sp³-hybridized carbons (Fsp3) is 0.429. The lowest BCUT2D eigenvalue weighted by Crippen LogP contribution is -2.44. The van der Waals surface area contributed by atoms with Crippen LogP contribution in [0.1, 0.15) is 29.1 Å². The maximum absolute atomic E-state index is 12.4. The van der Waals surface area contributed by atoms with E-state index in [4.69, 9.17) is 9.26 Å². The van der Waals surface area contributed by atoms with Crippen molar-refractivity contribution in [2.45, 2.75) is 25.9 Å². The highest BCUT2D eigenvalue weighted by molar-refractivity contribution is 9.10. The number of hydrogen-bond acceptors (Lipinski definition) is 6. The van der Waals surface area contributed by atoms with Crippen LogP contribution in [-0.2, 0) is 0 Å². The van der Waals surface area contributed by atoms with Crippen LogP contribution in [0.3, 0.4) is 0 Å². The Balaban J connectivity index is 1.63. The number of hydrogen-bond donors (Lipinski definition) is 0. The summed E-state index contributed by atoms with van der Waals surface area (Å²) < 4.78 is 11.5. The van der Waals surface area contributed by atoms with E-state index in [2.05, 4.69) is 31.1 Å². The highest BCUT2D eigenvalue weighted by atomic mass is 79.9. The highest BCUT2D eigenvalue weighted by Gasteiger charge is 2.27. The summed E-state index contributed by atoms with van der Waals surface area (Å²) in [7, 11) is 0. The fourth-order valence-corrected chi connectivity index (χ4v) is 2.56. The molecule has 7 nitrogen and oxygen atoms in total. The maximum Gasteiger partial charge on any atom is 0.316 e. The monoisotopic (exact) mass is 366 g/mol. The highest BCUT2D eigenvalue weighted by Crippen LogP contribution is 2.18. The zero-order valence-electron chi connectivity index (χ0n) is 12.0. The van der Waals surface area contributed by atoms with Crippen molar-refractivity contribution in [1.29, 1.82) is 0 Å². The summed E-state index contributed by atoms with van der Waals surface area (Å²) in [5, 5.41) is 3.77. The number of amides is 1. The Morgan fingerprint density at radius 1 is 1.45 bits per heavy atom. The third-order valence-corrected chi connectivity index (χ3v) is 3.79. The topological polar surface area (TPSA) is 81.4 Å². The van der Waals surface area contributed by atoms with Crippen molar-refractivity contribution in [3.63, 3.8) is 0 Å². The lowest BCUT2D eigenvalue weighted by Gasteiger charge is -2.31. The second kappa shape index (κ2) is 6.43. The Morgan fingerprint density at radius 2 is 2.23 bits per heavy atom. The van der Waals surface area contributed by atoms with Gasteiger partial charge in [-0.25, -0.2) is 9.97 Å². The van der Waals surface area contributed by atoms with Crippen molar-refractivity contribution >= 4 is 21.8 Å². The van der Waals surface area contributed by atoms with Gasteiger partial charge >= 0.3 is 6.01 Å². The van der Waals surface area contributed by atoms with Crippen molar-refractivity contribution < 1.29 is 14.1 Å². The van der Waals surface area contributed by atoms with Crippen LogP contribution in [-0.4, -0.2) is 45.1 Å². The van der Waals surface area contributed by atoms with Gasteiger partial charge in [0, 0.05) is 25.0 Å². The summed E-state index contributed by atoms with van der Waals surface area (Å²) in [4.78, 5) is 22.3. The summed E-state index contributed by atoms with van der Waals surface area (Å²) in [6, 6.07) is 1.96. The Morgan fingerprint density at radius 3 is 2.91 bits per heavy atom. The summed E-state index contributed by atoms with van der Waals surface area (Å²) >= 11 is 3.28. The molecule has 3 rings (SSSR count). The molecule has 0 saturated carbocycles. The molecule has 0 radical (unpaired) electrons. The largest absolute Gasteiger partial charge is 0.458 e. The smallest absolute Gasteiger partial charge is 0.316 e. The van der Waals surface area contributed by atoms with Gasteiger partial charge in [-0.2, -0.15) is 0 Å². The zero-order valence-corrected chi connectivity index (χ0v) is 13.6. The number of nitrogens with zero attached hydrogens (tertiary/aromatic N) is 4. The van der Waals surface area contributed by atoms with E-state index < -0.39 is 0 Å². The van der Waals surface area contributed by atoms with E-state index in [0.717, 1.165) is 17.3 Å². The number of rotatable bonds is 3. The Kier molecular flexibility index (Phi) is 4.37. The Hall–Kier alpha value is -1.96. The van der Waals surface area contributed by atoms with Gasteiger partial charge in [-0.1, -0.05) is 5.16 Å². The number of carbonyl (C=O) groups excluding carboxylic acids is 1. The van der Waals surface area contributed by atoms with E-state index in [9.17, 15) is 4.79 Å². The van der Waals surface area contributed by atoms with Crippen LogP contribution < -0.4 is 4.74 Å². The number of carbonyl (C=O) groups is 1. The van der Waals surface area contributed by atoms with Crippen LogP contribution in [0.15, 0.2) is 27.5 Å². The molecule has 0 spiro atoms. The molecule has 1 saturated heterocycles. The summed E-state index contributed by atoms with van der Waals surface area (Å²) in [6.45, 7) is 2.94.